The molecular formula is C13H11BrN2O3. The summed E-state index contributed by atoms with van der Waals surface area (Å²) >= 11 is 3.42. The van der Waals surface area contributed by atoms with Crippen LogP contribution in [0.5, 0.6) is 0 Å². The van der Waals surface area contributed by atoms with Crippen LogP contribution in [0.4, 0.5) is 5.69 Å². The van der Waals surface area contributed by atoms with E-state index in [1.807, 2.05) is 25.1 Å². The number of halogens is 1. The van der Waals surface area contributed by atoms with Gasteiger partial charge in [0.25, 0.3) is 11.7 Å². The first-order valence-electron chi connectivity index (χ1n) is 5.87. The van der Waals surface area contributed by atoms with E-state index in [0.717, 1.165) is 15.7 Å². The zero-order chi connectivity index (χ0) is 13.6. The number of hydrogen-bond donors (Lipinski definition) is 0. The molecule has 19 heavy (non-hydrogen) atoms. The molecule has 2 aliphatic rings. The molecule has 0 aromatic heterocycles. The first kappa shape index (κ1) is 12.6. The van der Waals surface area contributed by atoms with Gasteiger partial charge in [-0.15, -0.1) is 0 Å². The molecule has 1 aromatic rings. The molecule has 0 unspecified atom stereocenters. The van der Waals surface area contributed by atoms with E-state index in [-0.39, 0.29) is 12.5 Å². The molecule has 0 atom stereocenters. The van der Waals surface area contributed by atoms with E-state index in [1.165, 1.54) is 4.90 Å². The quantitative estimate of drug-likeness (QED) is 0.740. The summed E-state index contributed by atoms with van der Waals surface area (Å²) in [6, 6.07) is 5.74. The third-order valence-electron chi connectivity index (χ3n) is 3.34. The van der Waals surface area contributed by atoms with Crippen LogP contribution in [0.1, 0.15) is 11.1 Å². The highest BCUT2D eigenvalue weighted by Gasteiger charge is 2.56. The Morgan fingerprint density at radius 1 is 1.47 bits per heavy atom. The molecule has 98 valence electrons. The normalized spacial score (nSPS) is 19.8. The number of nitriles is 1. The number of benzene rings is 1. The molecule has 1 aromatic carbocycles. The van der Waals surface area contributed by atoms with Gasteiger partial charge in [-0.25, -0.2) is 0 Å². The minimum atomic E-state index is -1.36. The largest absolute Gasteiger partial charge is 0.336 e. The summed E-state index contributed by atoms with van der Waals surface area (Å²) in [5, 5.41) is 8.91. The van der Waals surface area contributed by atoms with Gasteiger partial charge in [0.15, 0.2) is 0 Å². The van der Waals surface area contributed by atoms with Crippen LogP contribution in [-0.2, 0) is 20.1 Å². The topological polar surface area (TPSA) is 62.6 Å². The number of carbonyl (C=O) groups is 1. The second kappa shape index (κ2) is 4.30. The van der Waals surface area contributed by atoms with Crippen molar-refractivity contribution < 1.29 is 14.3 Å². The highest BCUT2D eigenvalue weighted by molar-refractivity contribution is 9.10. The maximum absolute atomic E-state index is 12.5. The Morgan fingerprint density at radius 2 is 2.16 bits per heavy atom. The average molecular weight is 323 g/mol. The van der Waals surface area contributed by atoms with Crippen molar-refractivity contribution in [2.75, 3.05) is 24.7 Å². The first-order valence-corrected chi connectivity index (χ1v) is 6.67. The first-order chi connectivity index (χ1) is 9.10. The summed E-state index contributed by atoms with van der Waals surface area (Å²) in [4.78, 5) is 14.0. The van der Waals surface area contributed by atoms with Crippen molar-refractivity contribution >= 4 is 27.5 Å². The van der Waals surface area contributed by atoms with Gasteiger partial charge in [-0.2, -0.15) is 5.26 Å². The van der Waals surface area contributed by atoms with Crippen LogP contribution in [0.3, 0.4) is 0 Å². The number of carbonyl (C=O) groups excluding carboxylic acids is 1. The van der Waals surface area contributed by atoms with E-state index in [2.05, 4.69) is 15.9 Å². The van der Waals surface area contributed by atoms with Crippen LogP contribution >= 0.6 is 15.9 Å². The van der Waals surface area contributed by atoms with Crippen molar-refractivity contribution in [3.8, 4) is 6.07 Å². The lowest BCUT2D eigenvalue weighted by molar-refractivity contribution is -0.180. The Bertz CT molecular complexity index is 603. The zero-order valence-electron chi connectivity index (χ0n) is 10.3. The maximum Gasteiger partial charge on any atom is 0.293 e. The number of aryl methyl sites for hydroxylation is 1. The van der Waals surface area contributed by atoms with Gasteiger partial charge in [0.2, 0.25) is 0 Å². The molecule has 1 spiro atoms. The summed E-state index contributed by atoms with van der Waals surface area (Å²) in [6.07, 6.45) is 0. The molecule has 0 aliphatic carbocycles. The molecule has 0 saturated carbocycles. The number of amides is 1. The van der Waals surface area contributed by atoms with Gasteiger partial charge in [-0.3, -0.25) is 9.69 Å². The minimum Gasteiger partial charge on any atom is -0.336 e. The fourth-order valence-electron chi connectivity index (χ4n) is 2.65. The van der Waals surface area contributed by atoms with E-state index in [0.29, 0.717) is 18.8 Å². The van der Waals surface area contributed by atoms with Crippen LogP contribution < -0.4 is 4.90 Å². The predicted octanol–water partition coefficient (Wildman–Crippen LogP) is 1.83. The van der Waals surface area contributed by atoms with Crippen molar-refractivity contribution in [3.63, 3.8) is 0 Å². The molecule has 0 bridgehead atoms. The van der Waals surface area contributed by atoms with Crippen LogP contribution in [0.2, 0.25) is 0 Å². The van der Waals surface area contributed by atoms with Crippen molar-refractivity contribution in [2.45, 2.75) is 12.7 Å². The third-order valence-corrected chi connectivity index (χ3v) is 3.80. The fourth-order valence-corrected chi connectivity index (χ4v) is 3.22. The van der Waals surface area contributed by atoms with Crippen LogP contribution in [0, 0.1) is 18.3 Å². The SMILES string of the molecule is Cc1cc(Br)cc2c1N(CC#N)C(=O)C21OCCO1. The van der Waals surface area contributed by atoms with E-state index in [4.69, 9.17) is 14.7 Å². The van der Waals surface area contributed by atoms with Crippen LogP contribution in [0.15, 0.2) is 16.6 Å². The third kappa shape index (κ3) is 1.62. The minimum absolute atomic E-state index is 0.0111. The molecule has 2 heterocycles. The standard InChI is InChI=1S/C13H11BrN2O3/c1-8-6-9(14)7-10-11(8)16(3-2-15)12(17)13(10)18-4-5-19-13/h6-7H,3-5H2,1H3. The molecule has 0 radical (unpaired) electrons. The molecule has 0 N–H and O–H groups in total. The molecule has 1 amide bonds. The van der Waals surface area contributed by atoms with E-state index in [1.54, 1.807) is 0 Å². The van der Waals surface area contributed by atoms with E-state index in [9.17, 15) is 4.79 Å². The summed E-state index contributed by atoms with van der Waals surface area (Å²) in [5.74, 6) is -1.68. The van der Waals surface area contributed by atoms with Gasteiger partial charge in [0.1, 0.15) is 6.54 Å². The van der Waals surface area contributed by atoms with Gasteiger partial charge in [0.05, 0.1) is 25.0 Å². The summed E-state index contributed by atoms with van der Waals surface area (Å²) < 4.78 is 12.0. The monoisotopic (exact) mass is 322 g/mol. The number of nitrogens with zero attached hydrogens (tertiary/aromatic N) is 2. The highest BCUT2D eigenvalue weighted by atomic mass is 79.9. The number of fused-ring (bicyclic) bond motifs is 2. The molecule has 3 rings (SSSR count). The molecule has 2 aliphatic heterocycles. The Labute approximate surface area is 118 Å². The molecule has 6 heteroatoms. The summed E-state index contributed by atoms with van der Waals surface area (Å²) in [7, 11) is 0. The second-order valence-electron chi connectivity index (χ2n) is 4.48. The zero-order valence-corrected chi connectivity index (χ0v) is 11.9. The van der Waals surface area contributed by atoms with Crippen molar-refractivity contribution in [1.82, 2.24) is 0 Å². The van der Waals surface area contributed by atoms with E-state index >= 15 is 0 Å². The second-order valence-corrected chi connectivity index (χ2v) is 5.40. The number of hydrogen-bond acceptors (Lipinski definition) is 4. The lowest BCUT2D eigenvalue weighted by Gasteiger charge is -2.20. The van der Waals surface area contributed by atoms with Gasteiger partial charge in [0, 0.05) is 10.0 Å². The average Bonchev–Trinajstić information content (AvgIpc) is 2.92. The van der Waals surface area contributed by atoms with Gasteiger partial charge < -0.3 is 9.47 Å². The maximum atomic E-state index is 12.5. The summed E-state index contributed by atoms with van der Waals surface area (Å²) in [6.45, 7) is 2.63. The highest BCUT2D eigenvalue weighted by Crippen LogP contribution is 2.48. The fraction of sp³-hybridized carbons (Fsp3) is 0.385. The number of anilines is 1. The molecular weight excluding hydrogens is 312 g/mol. The molecule has 5 nitrogen and oxygen atoms in total. The Kier molecular flexibility index (Phi) is 2.86. The van der Waals surface area contributed by atoms with E-state index < -0.39 is 5.79 Å². The van der Waals surface area contributed by atoms with Gasteiger partial charge >= 0.3 is 0 Å². The van der Waals surface area contributed by atoms with Gasteiger partial charge in [-0.1, -0.05) is 15.9 Å². The molecule has 1 fully saturated rings. The van der Waals surface area contributed by atoms with Crippen molar-refractivity contribution in [1.29, 1.82) is 5.26 Å². The summed E-state index contributed by atoms with van der Waals surface area (Å²) in [5.41, 5.74) is 2.30. The van der Waals surface area contributed by atoms with Gasteiger partial charge in [-0.05, 0) is 24.6 Å². The molecule has 1 saturated heterocycles. The predicted molar refractivity (Wildman–Crippen MR) is 70.4 cm³/mol. The van der Waals surface area contributed by atoms with Crippen molar-refractivity contribution in [3.05, 3.63) is 27.7 Å². The number of rotatable bonds is 1. The Balaban J connectivity index is 2.24. The van der Waals surface area contributed by atoms with Crippen LogP contribution in [-0.4, -0.2) is 25.7 Å². The van der Waals surface area contributed by atoms with Crippen LogP contribution in [0.25, 0.3) is 0 Å². The van der Waals surface area contributed by atoms with Crippen molar-refractivity contribution in [2.24, 2.45) is 0 Å². The smallest absolute Gasteiger partial charge is 0.293 e. The lowest BCUT2D eigenvalue weighted by Crippen LogP contribution is -2.41. The number of ether oxygens (including phenoxy) is 2. The Morgan fingerprint density at radius 3 is 2.79 bits per heavy atom. The Hall–Kier alpha value is -1.42. The lowest BCUT2D eigenvalue weighted by atomic mass is 10.0.